The molecule has 188 valence electrons. The molecule has 10 heteroatoms. The maximum atomic E-state index is 13.3. The van der Waals surface area contributed by atoms with Crippen molar-refractivity contribution in [2.75, 3.05) is 32.0 Å². The van der Waals surface area contributed by atoms with Crippen molar-refractivity contribution in [3.05, 3.63) is 29.3 Å². The summed E-state index contributed by atoms with van der Waals surface area (Å²) in [5.41, 5.74) is 0.530. The zero-order valence-corrected chi connectivity index (χ0v) is 20.6. The molecule has 4 rings (SSSR count). The fourth-order valence-corrected chi connectivity index (χ4v) is 4.77. The second-order valence-electron chi connectivity index (χ2n) is 10.3. The molecule has 2 saturated heterocycles. The summed E-state index contributed by atoms with van der Waals surface area (Å²) >= 11 is 0. The number of carbonyl (C=O) groups is 5. The summed E-state index contributed by atoms with van der Waals surface area (Å²) in [6, 6.07) is 4.07. The summed E-state index contributed by atoms with van der Waals surface area (Å²) in [5.74, 6) is -1.60. The van der Waals surface area contributed by atoms with Gasteiger partial charge in [0, 0.05) is 38.8 Å². The van der Waals surface area contributed by atoms with E-state index in [0.29, 0.717) is 25.3 Å². The molecular weight excluding hydrogens is 452 g/mol. The van der Waals surface area contributed by atoms with Gasteiger partial charge in [-0.15, -0.1) is 0 Å². The Morgan fingerprint density at radius 2 is 1.74 bits per heavy atom. The molecule has 0 radical (unpaired) electrons. The van der Waals surface area contributed by atoms with Gasteiger partial charge in [-0.1, -0.05) is 6.07 Å². The standard InChI is InChI=1S/C25H32N4O6/c1-25(2,3)35-24(34)28-12-10-15(11-13-28)14-26-17-7-5-6-16-20(17)23(33)29(21(16)31)18-8-9-19(30)27(4)22(18)32/h5-7,15,18,26H,8-14H2,1-4H3. The van der Waals surface area contributed by atoms with E-state index in [1.165, 1.54) is 7.05 Å². The van der Waals surface area contributed by atoms with Crippen LogP contribution in [0.25, 0.3) is 0 Å². The highest BCUT2D eigenvalue weighted by molar-refractivity contribution is 6.25. The first-order valence-corrected chi connectivity index (χ1v) is 12.0. The number of benzene rings is 1. The number of nitrogens with zero attached hydrogens (tertiary/aromatic N) is 3. The Morgan fingerprint density at radius 3 is 2.40 bits per heavy atom. The number of likely N-dealkylation sites (tertiary alicyclic amines) is 2. The lowest BCUT2D eigenvalue weighted by Gasteiger charge is -2.33. The Morgan fingerprint density at radius 1 is 1.06 bits per heavy atom. The largest absolute Gasteiger partial charge is 0.444 e. The third-order valence-corrected chi connectivity index (χ3v) is 6.73. The molecule has 2 fully saturated rings. The Bertz CT molecular complexity index is 1070. The molecular formula is C25H32N4O6. The Kier molecular flexibility index (Phi) is 6.57. The van der Waals surface area contributed by atoms with E-state index in [1.807, 2.05) is 20.8 Å². The van der Waals surface area contributed by atoms with Gasteiger partial charge < -0.3 is 15.0 Å². The molecule has 1 aromatic carbocycles. The maximum Gasteiger partial charge on any atom is 0.410 e. The van der Waals surface area contributed by atoms with Crippen LogP contribution in [-0.4, -0.2) is 82.7 Å². The van der Waals surface area contributed by atoms with E-state index >= 15 is 0 Å². The van der Waals surface area contributed by atoms with E-state index in [1.54, 1.807) is 23.1 Å². The number of fused-ring (bicyclic) bond motifs is 1. The number of nitrogens with one attached hydrogen (secondary N) is 1. The summed E-state index contributed by atoms with van der Waals surface area (Å²) in [6.07, 6.45) is 1.51. The van der Waals surface area contributed by atoms with Crippen LogP contribution < -0.4 is 5.32 Å². The molecule has 0 bridgehead atoms. The monoisotopic (exact) mass is 484 g/mol. The van der Waals surface area contributed by atoms with Crippen LogP contribution in [0.4, 0.5) is 10.5 Å². The molecule has 1 unspecified atom stereocenters. The van der Waals surface area contributed by atoms with Gasteiger partial charge in [0.05, 0.1) is 11.1 Å². The number of hydrogen-bond acceptors (Lipinski definition) is 7. The van der Waals surface area contributed by atoms with Crippen LogP contribution in [0.5, 0.6) is 0 Å². The molecule has 35 heavy (non-hydrogen) atoms. The topological polar surface area (TPSA) is 116 Å². The van der Waals surface area contributed by atoms with Crippen molar-refractivity contribution in [2.45, 2.75) is 58.1 Å². The average molecular weight is 485 g/mol. The van der Waals surface area contributed by atoms with Crippen molar-refractivity contribution in [1.29, 1.82) is 0 Å². The summed E-state index contributed by atoms with van der Waals surface area (Å²) in [4.78, 5) is 66.8. The number of anilines is 1. The molecule has 0 spiro atoms. The van der Waals surface area contributed by atoms with Crippen LogP contribution in [-0.2, 0) is 14.3 Å². The van der Waals surface area contributed by atoms with Gasteiger partial charge in [-0.2, -0.15) is 0 Å². The summed E-state index contributed by atoms with van der Waals surface area (Å²) in [6.45, 7) is 7.30. The smallest absolute Gasteiger partial charge is 0.410 e. The molecule has 10 nitrogen and oxygen atoms in total. The zero-order chi connectivity index (χ0) is 25.5. The third kappa shape index (κ3) is 4.87. The van der Waals surface area contributed by atoms with E-state index < -0.39 is 29.4 Å². The lowest BCUT2D eigenvalue weighted by Crippen LogP contribution is -2.54. The number of imide groups is 2. The van der Waals surface area contributed by atoms with E-state index in [2.05, 4.69) is 5.32 Å². The van der Waals surface area contributed by atoms with Crippen LogP contribution in [0.1, 0.15) is 67.2 Å². The maximum absolute atomic E-state index is 13.3. The van der Waals surface area contributed by atoms with E-state index in [9.17, 15) is 24.0 Å². The van der Waals surface area contributed by atoms with E-state index in [4.69, 9.17) is 4.74 Å². The summed E-state index contributed by atoms with van der Waals surface area (Å²) in [5, 5.41) is 3.31. The van der Waals surface area contributed by atoms with Gasteiger partial charge in [0.15, 0.2) is 0 Å². The zero-order valence-electron chi connectivity index (χ0n) is 20.6. The normalized spacial score (nSPS) is 21.5. The van der Waals surface area contributed by atoms with Crippen LogP contribution >= 0.6 is 0 Å². The molecule has 0 aromatic heterocycles. The Labute approximate surface area is 204 Å². The second kappa shape index (κ2) is 9.31. The number of hydrogen-bond donors (Lipinski definition) is 1. The van der Waals surface area contributed by atoms with Gasteiger partial charge in [-0.05, 0) is 58.1 Å². The van der Waals surface area contributed by atoms with E-state index in [-0.39, 0.29) is 41.9 Å². The lowest BCUT2D eigenvalue weighted by atomic mass is 9.96. The average Bonchev–Trinajstić information content (AvgIpc) is 3.06. The van der Waals surface area contributed by atoms with Gasteiger partial charge in [-0.25, -0.2) is 4.79 Å². The first kappa shape index (κ1) is 24.7. The van der Waals surface area contributed by atoms with Gasteiger partial charge in [-0.3, -0.25) is 29.0 Å². The first-order valence-electron chi connectivity index (χ1n) is 12.0. The molecule has 3 aliphatic heterocycles. The minimum absolute atomic E-state index is 0.105. The number of carbonyl (C=O) groups excluding carboxylic acids is 5. The molecule has 0 aliphatic carbocycles. The Hall–Kier alpha value is -3.43. The minimum Gasteiger partial charge on any atom is -0.444 e. The molecule has 3 heterocycles. The van der Waals surface area contributed by atoms with Crippen molar-refractivity contribution in [3.8, 4) is 0 Å². The predicted octanol–water partition coefficient (Wildman–Crippen LogP) is 2.49. The molecule has 1 atom stereocenters. The van der Waals surface area contributed by atoms with Crippen molar-refractivity contribution in [3.63, 3.8) is 0 Å². The number of rotatable bonds is 4. The quantitative estimate of drug-likeness (QED) is 0.653. The third-order valence-electron chi connectivity index (χ3n) is 6.73. The summed E-state index contributed by atoms with van der Waals surface area (Å²) in [7, 11) is 1.37. The Balaban J connectivity index is 1.40. The fraction of sp³-hybridized carbons (Fsp3) is 0.560. The van der Waals surface area contributed by atoms with Gasteiger partial charge in [0.25, 0.3) is 17.7 Å². The van der Waals surface area contributed by atoms with Gasteiger partial charge >= 0.3 is 6.09 Å². The minimum atomic E-state index is -0.977. The molecule has 5 amide bonds. The highest BCUT2D eigenvalue weighted by atomic mass is 16.6. The number of piperidine rings is 2. The molecule has 3 aliphatic rings. The van der Waals surface area contributed by atoms with Crippen molar-refractivity contribution < 1.29 is 28.7 Å². The number of ether oxygens (including phenoxy) is 1. The van der Waals surface area contributed by atoms with Crippen molar-refractivity contribution >= 4 is 35.4 Å². The summed E-state index contributed by atoms with van der Waals surface area (Å²) < 4.78 is 5.45. The van der Waals surface area contributed by atoms with Crippen LogP contribution in [0.2, 0.25) is 0 Å². The number of amides is 5. The van der Waals surface area contributed by atoms with Crippen LogP contribution in [0, 0.1) is 5.92 Å². The van der Waals surface area contributed by atoms with Crippen molar-refractivity contribution in [2.24, 2.45) is 5.92 Å². The highest BCUT2D eigenvalue weighted by Crippen LogP contribution is 2.33. The van der Waals surface area contributed by atoms with Crippen LogP contribution in [0.3, 0.4) is 0 Å². The SMILES string of the molecule is CN1C(=O)CCC(N2C(=O)c3cccc(NCC4CCN(C(=O)OC(C)(C)C)CC4)c3C2=O)C1=O. The van der Waals surface area contributed by atoms with Crippen molar-refractivity contribution in [1.82, 2.24) is 14.7 Å². The second-order valence-corrected chi connectivity index (χ2v) is 10.3. The highest BCUT2D eigenvalue weighted by Gasteiger charge is 2.47. The fourth-order valence-electron chi connectivity index (χ4n) is 4.77. The molecule has 1 aromatic rings. The van der Waals surface area contributed by atoms with E-state index in [0.717, 1.165) is 22.6 Å². The molecule has 0 saturated carbocycles. The predicted molar refractivity (Wildman–Crippen MR) is 127 cm³/mol. The lowest BCUT2D eigenvalue weighted by molar-refractivity contribution is -0.149. The van der Waals surface area contributed by atoms with Gasteiger partial charge in [0.1, 0.15) is 11.6 Å². The van der Waals surface area contributed by atoms with Gasteiger partial charge in [0.2, 0.25) is 5.91 Å². The first-order chi connectivity index (χ1) is 16.5. The molecule has 1 N–H and O–H groups in total. The van der Waals surface area contributed by atoms with Crippen LogP contribution in [0.15, 0.2) is 18.2 Å². The number of likely N-dealkylation sites (N-methyl/N-ethyl adjacent to an activating group) is 1.